The van der Waals surface area contributed by atoms with Crippen molar-refractivity contribution in [2.75, 3.05) is 6.54 Å². The second kappa shape index (κ2) is 8.89. The number of rotatable bonds is 3. The molecule has 32 heavy (non-hydrogen) atoms. The maximum atomic E-state index is 12.7. The Kier molecular flexibility index (Phi) is 6.34. The van der Waals surface area contributed by atoms with Crippen molar-refractivity contribution in [1.29, 1.82) is 0 Å². The Morgan fingerprint density at radius 3 is 2.56 bits per heavy atom. The molecule has 5 nitrogen and oxygen atoms in total. The number of benzene rings is 2. The summed E-state index contributed by atoms with van der Waals surface area (Å²) in [6.07, 6.45) is 3.43. The van der Waals surface area contributed by atoms with E-state index in [9.17, 15) is 4.79 Å². The van der Waals surface area contributed by atoms with Gasteiger partial charge in [-0.1, -0.05) is 29.8 Å². The van der Waals surface area contributed by atoms with Crippen molar-refractivity contribution >= 4 is 28.7 Å². The van der Waals surface area contributed by atoms with E-state index in [1.54, 1.807) is 4.90 Å². The van der Waals surface area contributed by atoms with Crippen LogP contribution in [0.15, 0.2) is 42.6 Å². The van der Waals surface area contributed by atoms with E-state index in [-0.39, 0.29) is 12.1 Å². The number of hydrogen-bond acceptors (Lipinski definition) is 3. The van der Waals surface area contributed by atoms with Crippen LogP contribution in [0.25, 0.3) is 22.4 Å². The number of ether oxygens (including phenoxy) is 1. The lowest BCUT2D eigenvalue weighted by Gasteiger charge is -2.27. The first-order chi connectivity index (χ1) is 15.1. The van der Waals surface area contributed by atoms with E-state index in [0.29, 0.717) is 6.54 Å². The smallest absolute Gasteiger partial charge is 0.410 e. The molecule has 1 saturated heterocycles. The van der Waals surface area contributed by atoms with Crippen molar-refractivity contribution in [1.82, 2.24) is 14.9 Å². The summed E-state index contributed by atoms with van der Waals surface area (Å²) in [5, 5.41) is 0. The minimum absolute atomic E-state index is 0.0832. The topological polar surface area (TPSA) is 58.2 Å². The molecule has 1 amide bonds. The van der Waals surface area contributed by atoms with Crippen molar-refractivity contribution in [3.05, 3.63) is 63.1 Å². The molecule has 1 unspecified atom stereocenters. The summed E-state index contributed by atoms with van der Waals surface area (Å²) in [5.41, 5.74) is 6.45. The van der Waals surface area contributed by atoms with E-state index in [1.807, 2.05) is 27.0 Å². The Morgan fingerprint density at radius 2 is 1.88 bits per heavy atom. The molecule has 2 aromatic carbocycles. The zero-order chi connectivity index (χ0) is 23.0. The molecule has 2 heterocycles. The molecule has 0 radical (unpaired) electrons. The summed E-state index contributed by atoms with van der Waals surface area (Å²) in [4.78, 5) is 22.6. The fourth-order valence-corrected chi connectivity index (χ4v) is 4.73. The molecule has 1 aliphatic rings. The quantitative estimate of drug-likeness (QED) is 0.361. The van der Waals surface area contributed by atoms with Gasteiger partial charge in [0.05, 0.1) is 17.9 Å². The van der Waals surface area contributed by atoms with Crippen LogP contribution >= 0.6 is 22.6 Å². The lowest BCUT2D eigenvalue weighted by molar-refractivity contribution is 0.0218. The number of halogens is 1. The van der Waals surface area contributed by atoms with E-state index in [0.717, 1.165) is 29.9 Å². The van der Waals surface area contributed by atoms with Crippen LogP contribution in [-0.2, 0) is 4.74 Å². The molecular formula is C26H30IN3O2. The molecule has 1 N–H and O–H groups in total. The summed E-state index contributed by atoms with van der Waals surface area (Å²) in [6, 6.07) is 13.0. The molecular weight excluding hydrogens is 513 g/mol. The average molecular weight is 543 g/mol. The molecule has 0 saturated carbocycles. The maximum absolute atomic E-state index is 12.7. The van der Waals surface area contributed by atoms with Gasteiger partial charge in [-0.3, -0.25) is 4.90 Å². The number of aryl methyl sites for hydroxylation is 2. The Bertz CT molecular complexity index is 1130. The van der Waals surface area contributed by atoms with Gasteiger partial charge in [-0.2, -0.15) is 0 Å². The zero-order valence-corrected chi connectivity index (χ0v) is 21.5. The number of likely N-dealkylation sites (tertiary alicyclic amines) is 1. The summed E-state index contributed by atoms with van der Waals surface area (Å²) in [5.74, 6) is 0.816. The number of carbonyl (C=O) groups is 1. The van der Waals surface area contributed by atoms with Gasteiger partial charge in [0.1, 0.15) is 11.4 Å². The molecule has 4 rings (SSSR count). The number of H-pyrrole nitrogens is 1. The molecule has 6 heteroatoms. The van der Waals surface area contributed by atoms with Crippen LogP contribution in [0.3, 0.4) is 0 Å². The Hall–Kier alpha value is -2.35. The van der Waals surface area contributed by atoms with Crippen molar-refractivity contribution in [2.45, 2.75) is 59.1 Å². The third kappa shape index (κ3) is 4.85. The van der Waals surface area contributed by atoms with Gasteiger partial charge in [0, 0.05) is 15.7 Å². The van der Waals surface area contributed by atoms with Crippen LogP contribution in [0.4, 0.5) is 4.79 Å². The Morgan fingerprint density at radius 1 is 1.16 bits per heavy atom. The highest BCUT2D eigenvalue weighted by Gasteiger charge is 2.34. The number of hydrogen-bond donors (Lipinski definition) is 1. The first-order valence-electron chi connectivity index (χ1n) is 11.0. The first-order valence-corrected chi connectivity index (χ1v) is 12.1. The largest absolute Gasteiger partial charge is 0.444 e. The number of carbonyl (C=O) groups excluding carboxylic acids is 1. The molecule has 0 spiro atoms. The normalized spacial score (nSPS) is 16.4. The van der Waals surface area contributed by atoms with Gasteiger partial charge in [0.2, 0.25) is 0 Å². The minimum Gasteiger partial charge on any atom is -0.444 e. The number of nitrogens with one attached hydrogen (secondary N) is 1. The maximum Gasteiger partial charge on any atom is 0.410 e. The lowest BCUT2D eigenvalue weighted by Crippen LogP contribution is -2.36. The standard InChI is InChI=1S/C26H30IN3O2/c1-16-8-10-18(11-9-16)20-14-19(13-17(2)23(20)27)21-15-28-24(29-21)22-7-6-12-30(22)25(31)32-26(3,4)5/h8-11,13-15,22H,6-7,12H2,1-5H3,(H,28,29). The fourth-order valence-electron chi connectivity index (χ4n) is 4.11. The van der Waals surface area contributed by atoms with Gasteiger partial charge in [-0.05, 0) is 98.9 Å². The van der Waals surface area contributed by atoms with Crippen molar-refractivity contribution < 1.29 is 9.53 Å². The Balaban J connectivity index is 1.64. The van der Waals surface area contributed by atoms with Crippen molar-refractivity contribution in [2.24, 2.45) is 0 Å². The third-order valence-electron chi connectivity index (χ3n) is 5.72. The zero-order valence-electron chi connectivity index (χ0n) is 19.3. The monoisotopic (exact) mass is 543 g/mol. The van der Waals surface area contributed by atoms with Crippen molar-refractivity contribution in [3.63, 3.8) is 0 Å². The number of nitrogens with zero attached hydrogens (tertiary/aromatic N) is 2. The summed E-state index contributed by atoms with van der Waals surface area (Å²) in [7, 11) is 0. The average Bonchev–Trinajstić information content (AvgIpc) is 3.38. The lowest BCUT2D eigenvalue weighted by atomic mass is 9.98. The number of imidazole rings is 1. The van der Waals surface area contributed by atoms with Crippen LogP contribution in [0, 0.1) is 17.4 Å². The van der Waals surface area contributed by atoms with Crippen LogP contribution in [0.1, 0.15) is 56.6 Å². The van der Waals surface area contributed by atoms with Gasteiger partial charge in [-0.25, -0.2) is 9.78 Å². The van der Waals surface area contributed by atoms with Gasteiger partial charge in [0.15, 0.2) is 0 Å². The van der Waals surface area contributed by atoms with E-state index in [1.165, 1.54) is 25.8 Å². The van der Waals surface area contributed by atoms with Crippen LogP contribution in [0.2, 0.25) is 0 Å². The van der Waals surface area contributed by atoms with Gasteiger partial charge < -0.3 is 9.72 Å². The highest BCUT2D eigenvalue weighted by atomic mass is 127. The summed E-state index contributed by atoms with van der Waals surface area (Å²) < 4.78 is 6.86. The second-order valence-corrected chi connectivity index (χ2v) is 10.6. The summed E-state index contributed by atoms with van der Waals surface area (Å²) in [6.45, 7) is 10.6. The highest BCUT2D eigenvalue weighted by molar-refractivity contribution is 14.1. The number of amides is 1. The van der Waals surface area contributed by atoms with Gasteiger partial charge >= 0.3 is 6.09 Å². The SMILES string of the molecule is Cc1ccc(-c2cc(-c3cnc(C4CCCN4C(=O)OC(C)(C)C)[nH]3)cc(C)c2I)cc1. The highest BCUT2D eigenvalue weighted by Crippen LogP contribution is 2.35. The number of aromatic amines is 1. The van der Waals surface area contributed by atoms with Gasteiger partial charge in [0.25, 0.3) is 0 Å². The predicted octanol–water partition coefficient (Wildman–Crippen LogP) is 7.04. The molecule has 1 fully saturated rings. The molecule has 3 aromatic rings. The van der Waals surface area contributed by atoms with Crippen LogP contribution in [-0.4, -0.2) is 33.1 Å². The van der Waals surface area contributed by atoms with Crippen LogP contribution < -0.4 is 0 Å². The van der Waals surface area contributed by atoms with E-state index in [4.69, 9.17) is 4.74 Å². The first kappa shape index (κ1) is 22.8. The fraction of sp³-hybridized carbons (Fsp3) is 0.385. The Labute approximate surface area is 203 Å². The predicted molar refractivity (Wildman–Crippen MR) is 137 cm³/mol. The summed E-state index contributed by atoms with van der Waals surface area (Å²) >= 11 is 2.43. The van der Waals surface area contributed by atoms with Crippen molar-refractivity contribution in [3.8, 4) is 22.4 Å². The molecule has 168 valence electrons. The third-order valence-corrected chi connectivity index (χ3v) is 7.15. The van der Waals surface area contributed by atoms with E-state index >= 15 is 0 Å². The minimum atomic E-state index is -0.510. The number of aromatic nitrogens is 2. The molecule has 0 aliphatic carbocycles. The van der Waals surface area contributed by atoms with E-state index < -0.39 is 5.60 Å². The second-order valence-electron chi connectivity index (χ2n) is 9.53. The molecule has 1 atom stereocenters. The molecule has 1 aliphatic heterocycles. The molecule has 0 bridgehead atoms. The van der Waals surface area contributed by atoms with Crippen LogP contribution in [0.5, 0.6) is 0 Å². The molecule has 1 aromatic heterocycles. The van der Waals surface area contributed by atoms with E-state index in [2.05, 4.69) is 82.8 Å². The van der Waals surface area contributed by atoms with Gasteiger partial charge in [-0.15, -0.1) is 0 Å².